The minimum absolute atomic E-state index is 0.211. The predicted octanol–water partition coefficient (Wildman–Crippen LogP) is 2.57. The second kappa shape index (κ2) is 7.46. The highest BCUT2D eigenvalue weighted by atomic mass is 16.5. The van der Waals surface area contributed by atoms with E-state index in [4.69, 9.17) is 9.47 Å². The molecular formula is C21H21N3O5. The van der Waals surface area contributed by atoms with Gasteiger partial charge in [-0.3, -0.25) is 14.0 Å². The van der Waals surface area contributed by atoms with E-state index in [1.54, 1.807) is 34.9 Å². The maximum Gasteiger partial charge on any atom is 0.305 e. The number of carbonyl (C=O) groups is 2. The average molecular weight is 395 g/mol. The van der Waals surface area contributed by atoms with Crippen LogP contribution in [0.1, 0.15) is 34.2 Å². The molecule has 0 saturated carbocycles. The molecule has 1 aliphatic rings. The van der Waals surface area contributed by atoms with E-state index >= 15 is 0 Å². The average Bonchev–Trinajstić information content (AvgIpc) is 3.16. The fraction of sp³-hybridized carbons (Fsp3) is 0.286. The highest BCUT2D eigenvalue weighted by molar-refractivity contribution is 5.92. The zero-order valence-electron chi connectivity index (χ0n) is 16.2. The van der Waals surface area contributed by atoms with Gasteiger partial charge in [0.15, 0.2) is 11.5 Å². The van der Waals surface area contributed by atoms with Crippen molar-refractivity contribution in [1.29, 1.82) is 0 Å². The molecule has 29 heavy (non-hydrogen) atoms. The van der Waals surface area contributed by atoms with Crippen LogP contribution in [-0.2, 0) is 11.2 Å². The summed E-state index contributed by atoms with van der Waals surface area (Å²) in [4.78, 5) is 30.8. The Morgan fingerprint density at radius 1 is 1.21 bits per heavy atom. The maximum atomic E-state index is 13.3. The fourth-order valence-electron chi connectivity index (χ4n) is 3.89. The van der Waals surface area contributed by atoms with Crippen molar-refractivity contribution in [2.24, 2.45) is 0 Å². The lowest BCUT2D eigenvalue weighted by molar-refractivity contribution is -0.138. The number of carboxylic acids is 1. The lowest BCUT2D eigenvalue weighted by Gasteiger charge is -2.36. The van der Waals surface area contributed by atoms with E-state index < -0.39 is 12.0 Å². The summed E-state index contributed by atoms with van der Waals surface area (Å²) in [5.74, 6) is 0.0627. The van der Waals surface area contributed by atoms with Crippen LogP contribution in [0.25, 0.3) is 5.52 Å². The number of hydrogen-bond acceptors (Lipinski definition) is 5. The van der Waals surface area contributed by atoms with E-state index in [-0.39, 0.29) is 18.2 Å². The number of methoxy groups -OCH3 is 2. The molecule has 8 heteroatoms. The number of amides is 1. The normalized spacial score (nSPS) is 15.8. The number of aromatic nitrogens is 2. The van der Waals surface area contributed by atoms with E-state index in [2.05, 4.69) is 4.98 Å². The van der Waals surface area contributed by atoms with E-state index in [0.717, 1.165) is 16.6 Å². The van der Waals surface area contributed by atoms with Crippen molar-refractivity contribution in [3.05, 3.63) is 59.7 Å². The molecule has 0 saturated heterocycles. The van der Waals surface area contributed by atoms with Crippen LogP contribution in [0.4, 0.5) is 0 Å². The number of carboxylic acid groups (broad SMARTS) is 1. The van der Waals surface area contributed by atoms with Crippen LogP contribution in [0.5, 0.6) is 11.5 Å². The van der Waals surface area contributed by atoms with Gasteiger partial charge in [0.05, 0.1) is 38.4 Å². The van der Waals surface area contributed by atoms with Crippen molar-refractivity contribution < 1.29 is 24.2 Å². The molecule has 1 aliphatic heterocycles. The first-order chi connectivity index (χ1) is 14.0. The number of hydrogen-bond donors (Lipinski definition) is 1. The summed E-state index contributed by atoms with van der Waals surface area (Å²) < 4.78 is 12.5. The molecule has 2 aromatic heterocycles. The van der Waals surface area contributed by atoms with Gasteiger partial charge >= 0.3 is 5.97 Å². The number of ether oxygens (including phenoxy) is 2. The van der Waals surface area contributed by atoms with Gasteiger partial charge in [0.1, 0.15) is 0 Å². The highest BCUT2D eigenvalue weighted by Gasteiger charge is 2.35. The number of imidazole rings is 1. The molecular weight excluding hydrogens is 374 g/mol. The molecule has 1 aromatic carbocycles. The molecule has 1 N–H and O–H groups in total. The van der Waals surface area contributed by atoms with Crippen LogP contribution in [0, 0.1) is 0 Å². The molecule has 1 unspecified atom stereocenters. The number of aliphatic carboxylic acids is 1. The van der Waals surface area contributed by atoms with Crippen molar-refractivity contribution in [2.75, 3.05) is 20.8 Å². The predicted molar refractivity (Wildman–Crippen MR) is 104 cm³/mol. The van der Waals surface area contributed by atoms with Crippen molar-refractivity contribution in [2.45, 2.75) is 18.9 Å². The molecule has 8 nitrogen and oxygen atoms in total. The molecule has 0 bridgehead atoms. The van der Waals surface area contributed by atoms with Gasteiger partial charge in [-0.25, -0.2) is 4.98 Å². The van der Waals surface area contributed by atoms with Crippen molar-refractivity contribution in [3.63, 3.8) is 0 Å². The van der Waals surface area contributed by atoms with Gasteiger partial charge in [-0.05, 0) is 41.8 Å². The largest absolute Gasteiger partial charge is 0.493 e. The number of rotatable bonds is 5. The van der Waals surface area contributed by atoms with Gasteiger partial charge in [0.2, 0.25) is 5.82 Å². The van der Waals surface area contributed by atoms with E-state index in [0.29, 0.717) is 24.5 Å². The summed E-state index contributed by atoms with van der Waals surface area (Å²) in [5, 5.41) is 9.51. The Morgan fingerprint density at radius 3 is 2.69 bits per heavy atom. The number of nitrogens with zero attached hydrogens (tertiary/aromatic N) is 3. The van der Waals surface area contributed by atoms with Crippen molar-refractivity contribution in [1.82, 2.24) is 14.3 Å². The Hall–Kier alpha value is -3.55. The lowest BCUT2D eigenvalue weighted by atomic mass is 9.90. The number of carbonyl (C=O) groups excluding carboxylic acids is 1. The lowest BCUT2D eigenvalue weighted by Crippen LogP contribution is -2.41. The summed E-state index contributed by atoms with van der Waals surface area (Å²) in [6.07, 6.45) is 3.77. The number of benzene rings is 1. The second-order valence-electron chi connectivity index (χ2n) is 6.85. The number of fused-ring (bicyclic) bond motifs is 2. The first-order valence-electron chi connectivity index (χ1n) is 9.23. The third-order valence-electron chi connectivity index (χ3n) is 5.26. The minimum Gasteiger partial charge on any atom is -0.493 e. The van der Waals surface area contributed by atoms with Gasteiger partial charge < -0.3 is 19.5 Å². The van der Waals surface area contributed by atoms with Gasteiger partial charge in [-0.1, -0.05) is 6.07 Å². The molecule has 1 atom stereocenters. The molecule has 0 radical (unpaired) electrons. The number of pyridine rings is 1. The van der Waals surface area contributed by atoms with E-state index in [9.17, 15) is 14.7 Å². The first kappa shape index (κ1) is 18.8. The standard InChI is InChI=1S/C21H21N3O5/c1-28-17-9-13-6-8-24(16(11-19(25)26)15(13)10-18(17)29-2)21(27)20-22-12-14-5-3-4-7-23(14)20/h3-5,7,9-10,12,16H,6,8,11H2,1-2H3,(H,25,26). The van der Waals surface area contributed by atoms with Crippen molar-refractivity contribution in [3.8, 4) is 11.5 Å². The Kier molecular flexibility index (Phi) is 4.84. The van der Waals surface area contributed by atoms with Gasteiger partial charge in [-0.15, -0.1) is 0 Å². The zero-order valence-corrected chi connectivity index (χ0v) is 16.2. The van der Waals surface area contributed by atoms with E-state index in [1.165, 1.54) is 7.11 Å². The molecule has 4 rings (SSSR count). The molecule has 3 heterocycles. The third-order valence-corrected chi connectivity index (χ3v) is 5.26. The summed E-state index contributed by atoms with van der Waals surface area (Å²) in [7, 11) is 3.08. The second-order valence-corrected chi connectivity index (χ2v) is 6.85. The SMILES string of the molecule is COc1cc2c(cc1OC)C(CC(=O)O)N(C(=O)c1ncc3ccccn13)CC2. The van der Waals surface area contributed by atoms with E-state index in [1.807, 2.05) is 24.3 Å². The molecule has 3 aromatic rings. The Morgan fingerprint density at radius 2 is 1.97 bits per heavy atom. The quantitative estimate of drug-likeness (QED) is 0.714. The van der Waals surface area contributed by atoms with Crippen LogP contribution in [0.3, 0.4) is 0 Å². The molecule has 0 aliphatic carbocycles. The van der Waals surface area contributed by atoms with Crippen LogP contribution in [0.15, 0.2) is 42.7 Å². The molecule has 150 valence electrons. The minimum atomic E-state index is -0.983. The smallest absolute Gasteiger partial charge is 0.305 e. The monoisotopic (exact) mass is 395 g/mol. The van der Waals surface area contributed by atoms with Crippen LogP contribution < -0.4 is 9.47 Å². The molecule has 0 spiro atoms. The highest BCUT2D eigenvalue weighted by Crippen LogP contribution is 2.40. The fourth-order valence-corrected chi connectivity index (χ4v) is 3.89. The van der Waals surface area contributed by atoms with Crippen LogP contribution in [0.2, 0.25) is 0 Å². The molecule has 0 fully saturated rings. The molecule has 1 amide bonds. The van der Waals surface area contributed by atoms with Crippen molar-refractivity contribution >= 4 is 17.4 Å². The summed E-state index contributed by atoms with van der Waals surface area (Å²) in [5.41, 5.74) is 2.51. The summed E-state index contributed by atoms with van der Waals surface area (Å²) >= 11 is 0. The van der Waals surface area contributed by atoms with Gasteiger partial charge in [0.25, 0.3) is 5.91 Å². The van der Waals surface area contributed by atoms with Gasteiger partial charge in [-0.2, -0.15) is 0 Å². The summed E-state index contributed by atoms with van der Waals surface area (Å²) in [6, 6.07) is 8.56. The van der Waals surface area contributed by atoms with Crippen LogP contribution >= 0.6 is 0 Å². The first-order valence-corrected chi connectivity index (χ1v) is 9.23. The maximum absolute atomic E-state index is 13.3. The zero-order chi connectivity index (χ0) is 20.5. The topological polar surface area (TPSA) is 93.4 Å². The Labute approximate surface area is 167 Å². The van der Waals surface area contributed by atoms with Crippen LogP contribution in [-0.4, -0.2) is 52.0 Å². The Balaban J connectivity index is 1.78. The third kappa shape index (κ3) is 3.26. The van der Waals surface area contributed by atoms with Gasteiger partial charge in [0, 0.05) is 12.7 Å². The summed E-state index contributed by atoms with van der Waals surface area (Å²) in [6.45, 7) is 0.390. The Bertz CT molecular complexity index is 1090.